The van der Waals surface area contributed by atoms with E-state index in [0.29, 0.717) is 22.4 Å². The van der Waals surface area contributed by atoms with Gasteiger partial charge < -0.3 is 15.2 Å². The molecule has 0 spiro atoms. The molecule has 2 amide bonds. The van der Waals surface area contributed by atoms with Gasteiger partial charge in [0.05, 0.1) is 0 Å². The maximum atomic E-state index is 12.7. The van der Waals surface area contributed by atoms with E-state index in [9.17, 15) is 4.79 Å². The number of benzene rings is 1. The first kappa shape index (κ1) is 17.7. The topological polar surface area (TPSA) is 80.0 Å². The lowest BCUT2D eigenvalue weighted by Crippen LogP contribution is -2.48. The number of anilines is 1. The number of rotatable bonds is 3. The molecule has 3 rings (SSSR count). The SMILES string of the molecule is Cc1nc(C2(NC(=O)Nc3cccc(Cl)c3C)CCCCCC2)no1. The van der Waals surface area contributed by atoms with Gasteiger partial charge in [-0.3, -0.25) is 0 Å². The summed E-state index contributed by atoms with van der Waals surface area (Å²) >= 11 is 6.13. The van der Waals surface area contributed by atoms with E-state index >= 15 is 0 Å². The normalized spacial score (nSPS) is 16.9. The van der Waals surface area contributed by atoms with Crippen molar-refractivity contribution in [3.63, 3.8) is 0 Å². The number of urea groups is 1. The Bertz CT molecular complexity index is 751. The summed E-state index contributed by atoms with van der Waals surface area (Å²) in [6.07, 6.45) is 5.93. The molecule has 1 aliphatic carbocycles. The Balaban J connectivity index is 1.82. The Morgan fingerprint density at radius 1 is 1.20 bits per heavy atom. The molecule has 0 aliphatic heterocycles. The van der Waals surface area contributed by atoms with Crippen molar-refractivity contribution >= 4 is 23.3 Å². The largest absolute Gasteiger partial charge is 0.340 e. The zero-order chi connectivity index (χ0) is 17.9. The minimum absolute atomic E-state index is 0.283. The van der Waals surface area contributed by atoms with Gasteiger partial charge in [0.1, 0.15) is 5.54 Å². The molecule has 0 bridgehead atoms. The molecule has 1 aliphatic rings. The Morgan fingerprint density at radius 2 is 1.92 bits per heavy atom. The van der Waals surface area contributed by atoms with Crippen LogP contribution in [0.1, 0.15) is 55.8 Å². The summed E-state index contributed by atoms with van der Waals surface area (Å²) < 4.78 is 5.17. The van der Waals surface area contributed by atoms with Crippen molar-refractivity contribution in [1.29, 1.82) is 0 Å². The van der Waals surface area contributed by atoms with Crippen LogP contribution in [-0.4, -0.2) is 16.2 Å². The van der Waals surface area contributed by atoms with Crippen LogP contribution in [-0.2, 0) is 5.54 Å². The van der Waals surface area contributed by atoms with E-state index in [1.165, 1.54) is 0 Å². The second-order valence-corrected chi connectivity index (χ2v) is 7.03. The van der Waals surface area contributed by atoms with Crippen LogP contribution in [0.4, 0.5) is 10.5 Å². The predicted molar refractivity (Wildman–Crippen MR) is 96.8 cm³/mol. The van der Waals surface area contributed by atoms with Gasteiger partial charge in [-0.15, -0.1) is 0 Å². The van der Waals surface area contributed by atoms with E-state index in [1.54, 1.807) is 13.0 Å². The molecule has 1 aromatic heterocycles. The van der Waals surface area contributed by atoms with Crippen LogP contribution in [0.3, 0.4) is 0 Å². The first-order valence-corrected chi connectivity index (χ1v) is 9.03. The Hall–Kier alpha value is -2.08. The highest BCUT2D eigenvalue weighted by atomic mass is 35.5. The third-order valence-corrected chi connectivity index (χ3v) is 5.19. The van der Waals surface area contributed by atoms with Crippen molar-refractivity contribution in [2.45, 2.75) is 57.9 Å². The Morgan fingerprint density at radius 3 is 2.56 bits per heavy atom. The lowest BCUT2D eigenvalue weighted by atomic mass is 9.89. The number of nitrogens with one attached hydrogen (secondary N) is 2. The molecule has 2 aromatic rings. The van der Waals surface area contributed by atoms with E-state index in [4.69, 9.17) is 16.1 Å². The van der Waals surface area contributed by atoms with Crippen LogP contribution in [0.25, 0.3) is 0 Å². The Kier molecular flexibility index (Phi) is 5.27. The predicted octanol–water partition coefficient (Wildman–Crippen LogP) is 4.71. The van der Waals surface area contributed by atoms with Gasteiger partial charge in [0.15, 0.2) is 5.82 Å². The quantitative estimate of drug-likeness (QED) is 0.775. The highest BCUT2D eigenvalue weighted by molar-refractivity contribution is 6.31. The molecule has 1 aromatic carbocycles. The van der Waals surface area contributed by atoms with E-state index < -0.39 is 5.54 Å². The summed E-state index contributed by atoms with van der Waals surface area (Å²) in [6, 6.07) is 5.16. The van der Waals surface area contributed by atoms with Gasteiger partial charge in [-0.25, -0.2) is 4.79 Å². The van der Waals surface area contributed by atoms with Gasteiger partial charge in [-0.1, -0.05) is 48.5 Å². The monoisotopic (exact) mass is 362 g/mol. The number of aryl methyl sites for hydroxylation is 1. The second kappa shape index (κ2) is 7.44. The number of carbonyl (C=O) groups excluding carboxylic acids is 1. The molecule has 1 fully saturated rings. The number of nitrogens with zero attached hydrogens (tertiary/aromatic N) is 2. The summed E-state index contributed by atoms with van der Waals surface area (Å²) in [7, 11) is 0. The van der Waals surface area contributed by atoms with E-state index in [2.05, 4.69) is 20.8 Å². The average Bonchev–Trinajstić information content (AvgIpc) is 2.88. The first-order valence-electron chi connectivity index (χ1n) is 8.65. The lowest BCUT2D eigenvalue weighted by molar-refractivity contribution is 0.222. The molecule has 0 saturated heterocycles. The molecule has 1 saturated carbocycles. The summed E-state index contributed by atoms with van der Waals surface area (Å²) in [4.78, 5) is 17.1. The summed E-state index contributed by atoms with van der Waals surface area (Å²) in [5, 5.41) is 10.7. The molecule has 134 valence electrons. The first-order chi connectivity index (χ1) is 12.0. The van der Waals surface area contributed by atoms with Gasteiger partial charge in [0.25, 0.3) is 0 Å². The van der Waals surface area contributed by atoms with Crippen molar-refractivity contribution in [3.05, 3.63) is 40.5 Å². The molecule has 1 heterocycles. The van der Waals surface area contributed by atoms with Gasteiger partial charge in [0, 0.05) is 17.6 Å². The number of halogens is 1. The zero-order valence-electron chi connectivity index (χ0n) is 14.6. The van der Waals surface area contributed by atoms with Gasteiger partial charge >= 0.3 is 6.03 Å². The molecule has 25 heavy (non-hydrogen) atoms. The Labute approximate surface area is 152 Å². The van der Waals surface area contributed by atoms with Crippen LogP contribution in [0.5, 0.6) is 0 Å². The third-order valence-electron chi connectivity index (χ3n) is 4.78. The molecule has 7 heteroatoms. The highest BCUT2D eigenvalue weighted by Gasteiger charge is 2.38. The number of amides is 2. The fourth-order valence-corrected chi connectivity index (χ4v) is 3.52. The van der Waals surface area contributed by atoms with E-state index in [1.807, 2.05) is 19.1 Å². The molecule has 0 unspecified atom stereocenters. The van der Waals surface area contributed by atoms with Crippen LogP contribution < -0.4 is 10.6 Å². The van der Waals surface area contributed by atoms with E-state index in [0.717, 1.165) is 44.1 Å². The van der Waals surface area contributed by atoms with Crippen molar-refractivity contribution in [2.24, 2.45) is 0 Å². The molecule has 2 N–H and O–H groups in total. The average molecular weight is 363 g/mol. The fraction of sp³-hybridized carbons (Fsp3) is 0.500. The molecule has 0 radical (unpaired) electrons. The van der Waals surface area contributed by atoms with Crippen molar-refractivity contribution in [2.75, 3.05) is 5.32 Å². The van der Waals surface area contributed by atoms with Gasteiger partial charge in [-0.2, -0.15) is 4.98 Å². The lowest BCUT2D eigenvalue weighted by Gasteiger charge is -2.30. The van der Waals surface area contributed by atoms with E-state index in [-0.39, 0.29) is 6.03 Å². The van der Waals surface area contributed by atoms with Crippen molar-refractivity contribution < 1.29 is 9.32 Å². The number of carbonyl (C=O) groups is 1. The maximum Gasteiger partial charge on any atom is 0.320 e. The standard InChI is InChI=1S/C18H23ClN4O2/c1-12-14(19)8-7-9-15(12)21-17(24)22-18(10-5-3-4-6-11-18)16-20-13(2)25-23-16/h7-9H,3-6,10-11H2,1-2H3,(H2,21,22,24). The van der Waals surface area contributed by atoms with Crippen molar-refractivity contribution in [3.8, 4) is 0 Å². The van der Waals surface area contributed by atoms with Crippen LogP contribution in [0.2, 0.25) is 5.02 Å². The van der Waals surface area contributed by atoms with Crippen LogP contribution in [0.15, 0.2) is 22.7 Å². The van der Waals surface area contributed by atoms with Crippen LogP contribution in [0, 0.1) is 13.8 Å². The van der Waals surface area contributed by atoms with Gasteiger partial charge in [0.2, 0.25) is 5.89 Å². The second-order valence-electron chi connectivity index (χ2n) is 6.62. The number of aromatic nitrogens is 2. The molecular formula is C18H23ClN4O2. The summed E-state index contributed by atoms with van der Waals surface area (Å²) in [5.41, 5.74) is 0.938. The third kappa shape index (κ3) is 3.95. The summed E-state index contributed by atoms with van der Waals surface area (Å²) in [6.45, 7) is 3.64. The molecule has 6 nitrogen and oxygen atoms in total. The number of hydrogen-bond donors (Lipinski definition) is 2. The summed E-state index contributed by atoms with van der Waals surface area (Å²) in [5.74, 6) is 1.07. The molecular weight excluding hydrogens is 340 g/mol. The van der Waals surface area contributed by atoms with Gasteiger partial charge in [-0.05, 0) is 37.5 Å². The minimum Gasteiger partial charge on any atom is -0.340 e. The smallest absolute Gasteiger partial charge is 0.320 e. The fourth-order valence-electron chi connectivity index (χ4n) is 3.34. The number of hydrogen-bond acceptors (Lipinski definition) is 4. The maximum absolute atomic E-state index is 12.7. The minimum atomic E-state index is -0.592. The highest BCUT2D eigenvalue weighted by Crippen LogP contribution is 2.35. The van der Waals surface area contributed by atoms with Crippen LogP contribution >= 0.6 is 11.6 Å². The zero-order valence-corrected chi connectivity index (χ0v) is 15.3. The molecule has 0 atom stereocenters. The van der Waals surface area contributed by atoms with Crippen molar-refractivity contribution in [1.82, 2.24) is 15.5 Å².